The second-order valence-electron chi connectivity index (χ2n) is 3.97. The molecule has 0 bridgehead atoms. The molecule has 0 saturated carbocycles. The highest BCUT2D eigenvalue weighted by atomic mass is 32.1. The van der Waals surface area contributed by atoms with Crippen LogP contribution in [0, 0.1) is 6.92 Å². The van der Waals surface area contributed by atoms with Crippen LogP contribution in [0.4, 0.5) is 0 Å². The van der Waals surface area contributed by atoms with Gasteiger partial charge in [0.05, 0.1) is 0 Å². The van der Waals surface area contributed by atoms with Gasteiger partial charge in [0.2, 0.25) is 0 Å². The van der Waals surface area contributed by atoms with Gasteiger partial charge in [-0.3, -0.25) is 0 Å². The Balaban J connectivity index is 2.62. The van der Waals surface area contributed by atoms with Crippen molar-refractivity contribution in [3.05, 3.63) is 29.7 Å². The lowest BCUT2D eigenvalue weighted by molar-refractivity contribution is 0.560. The number of hydrogen-bond donors (Lipinski definition) is 1. The number of thiol groups is 1. The molecule has 0 N–H and O–H groups in total. The zero-order valence-corrected chi connectivity index (χ0v) is 9.43. The van der Waals surface area contributed by atoms with Crippen LogP contribution in [0.5, 0.6) is 0 Å². The molecule has 0 radical (unpaired) electrons. The summed E-state index contributed by atoms with van der Waals surface area (Å²) in [6.07, 6.45) is 0. The summed E-state index contributed by atoms with van der Waals surface area (Å²) in [5, 5.41) is 0. The van der Waals surface area contributed by atoms with Crippen LogP contribution in [0.15, 0.2) is 22.6 Å². The molecule has 0 fully saturated rings. The second-order valence-corrected chi connectivity index (χ2v) is 5.09. The fraction of sp³-hybridized carbons (Fsp3) is 0.364. The highest BCUT2D eigenvalue weighted by Gasteiger charge is 2.16. The fourth-order valence-electron chi connectivity index (χ4n) is 1.42. The molecule has 0 amide bonds. The molecule has 0 aliphatic rings. The molecule has 0 aliphatic heterocycles. The van der Waals surface area contributed by atoms with E-state index >= 15 is 0 Å². The summed E-state index contributed by atoms with van der Waals surface area (Å²) in [6, 6.07) is 6.01. The van der Waals surface area contributed by atoms with E-state index in [1.54, 1.807) is 0 Å². The average molecular weight is 207 g/mol. The standard InChI is InChI=1S/C11H13NOS/c1-7-12-9-5-4-8(11(2,3)14)6-10(9)13-7/h4-6,14H,1-3H3. The van der Waals surface area contributed by atoms with E-state index in [1.165, 1.54) is 0 Å². The lowest BCUT2D eigenvalue weighted by atomic mass is 10.0. The van der Waals surface area contributed by atoms with Crippen LogP contribution < -0.4 is 0 Å². The third-order valence-corrected chi connectivity index (χ3v) is 2.46. The molecule has 1 aromatic carbocycles. The minimum absolute atomic E-state index is 0.144. The van der Waals surface area contributed by atoms with Crippen molar-refractivity contribution in [1.29, 1.82) is 0 Å². The maximum Gasteiger partial charge on any atom is 0.192 e. The summed E-state index contributed by atoms with van der Waals surface area (Å²) in [5.41, 5.74) is 2.88. The minimum Gasteiger partial charge on any atom is -0.441 e. The summed E-state index contributed by atoms with van der Waals surface area (Å²) < 4.78 is 5.31. The molecule has 3 heteroatoms. The van der Waals surface area contributed by atoms with E-state index in [2.05, 4.69) is 31.5 Å². The Labute approximate surface area is 88.7 Å². The fourth-order valence-corrected chi connectivity index (χ4v) is 1.56. The van der Waals surface area contributed by atoms with Gasteiger partial charge in [0.25, 0.3) is 0 Å². The quantitative estimate of drug-likeness (QED) is 0.726. The van der Waals surface area contributed by atoms with Gasteiger partial charge in [0.15, 0.2) is 11.5 Å². The molecular formula is C11H13NOS. The van der Waals surface area contributed by atoms with Crippen LogP contribution in [0.2, 0.25) is 0 Å². The van der Waals surface area contributed by atoms with Gasteiger partial charge in [0, 0.05) is 11.7 Å². The van der Waals surface area contributed by atoms with Gasteiger partial charge in [-0.1, -0.05) is 6.07 Å². The monoisotopic (exact) mass is 207 g/mol. The first-order valence-electron chi connectivity index (χ1n) is 4.57. The summed E-state index contributed by atoms with van der Waals surface area (Å²) in [7, 11) is 0. The van der Waals surface area contributed by atoms with Crippen molar-refractivity contribution in [1.82, 2.24) is 4.98 Å². The molecule has 0 aliphatic carbocycles. The summed E-state index contributed by atoms with van der Waals surface area (Å²) in [6.45, 7) is 5.96. The SMILES string of the molecule is Cc1nc2ccc(C(C)(C)S)cc2o1. The van der Waals surface area contributed by atoms with E-state index in [1.807, 2.05) is 25.1 Å². The predicted molar refractivity (Wildman–Crippen MR) is 60.8 cm³/mol. The zero-order chi connectivity index (χ0) is 10.3. The number of aryl methyl sites for hydroxylation is 1. The van der Waals surface area contributed by atoms with Gasteiger partial charge in [-0.2, -0.15) is 12.6 Å². The summed E-state index contributed by atoms with van der Waals surface area (Å²) >= 11 is 4.51. The normalized spacial score (nSPS) is 12.3. The van der Waals surface area contributed by atoms with Crippen LogP contribution in [-0.4, -0.2) is 4.98 Å². The largest absolute Gasteiger partial charge is 0.441 e. The molecule has 1 aromatic heterocycles. The average Bonchev–Trinajstić information content (AvgIpc) is 2.41. The van der Waals surface area contributed by atoms with E-state index in [0.717, 1.165) is 16.7 Å². The number of rotatable bonds is 1. The van der Waals surface area contributed by atoms with E-state index in [9.17, 15) is 0 Å². The third kappa shape index (κ3) is 1.64. The van der Waals surface area contributed by atoms with Crippen LogP contribution in [-0.2, 0) is 4.75 Å². The molecule has 2 nitrogen and oxygen atoms in total. The van der Waals surface area contributed by atoms with Gasteiger partial charge < -0.3 is 4.42 Å². The smallest absolute Gasteiger partial charge is 0.192 e. The van der Waals surface area contributed by atoms with Crippen molar-refractivity contribution < 1.29 is 4.42 Å². The third-order valence-electron chi connectivity index (χ3n) is 2.20. The van der Waals surface area contributed by atoms with E-state index in [0.29, 0.717) is 5.89 Å². The lowest BCUT2D eigenvalue weighted by Gasteiger charge is -2.17. The molecule has 2 rings (SSSR count). The first-order chi connectivity index (χ1) is 6.47. The Morgan fingerprint density at radius 1 is 1.36 bits per heavy atom. The maximum absolute atomic E-state index is 5.46. The maximum atomic E-state index is 5.46. The Morgan fingerprint density at radius 3 is 2.71 bits per heavy atom. The van der Waals surface area contributed by atoms with Crippen molar-refractivity contribution >= 4 is 23.7 Å². The molecular weight excluding hydrogens is 194 g/mol. The minimum atomic E-state index is -0.144. The first kappa shape index (κ1) is 9.59. The summed E-state index contributed by atoms with van der Waals surface area (Å²) in [4.78, 5) is 4.24. The molecule has 0 saturated heterocycles. The van der Waals surface area contributed by atoms with Gasteiger partial charge in [-0.15, -0.1) is 0 Å². The van der Waals surface area contributed by atoms with Crippen molar-refractivity contribution in [2.75, 3.05) is 0 Å². The molecule has 74 valence electrons. The lowest BCUT2D eigenvalue weighted by Crippen LogP contribution is -2.06. The second kappa shape index (κ2) is 3.02. The van der Waals surface area contributed by atoms with Crippen molar-refractivity contribution in [3.8, 4) is 0 Å². The van der Waals surface area contributed by atoms with Gasteiger partial charge in [-0.25, -0.2) is 4.98 Å². The Morgan fingerprint density at radius 2 is 2.07 bits per heavy atom. The van der Waals surface area contributed by atoms with Crippen LogP contribution in [0.1, 0.15) is 25.3 Å². The molecule has 1 heterocycles. The highest BCUT2D eigenvalue weighted by Crippen LogP contribution is 2.29. The van der Waals surface area contributed by atoms with Crippen molar-refractivity contribution in [3.63, 3.8) is 0 Å². The number of benzene rings is 1. The molecule has 0 spiro atoms. The number of hydrogen-bond acceptors (Lipinski definition) is 3. The highest BCUT2D eigenvalue weighted by molar-refractivity contribution is 7.81. The predicted octanol–water partition coefficient (Wildman–Crippen LogP) is 3.30. The topological polar surface area (TPSA) is 26.0 Å². The van der Waals surface area contributed by atoms with Crippen LogP contribution in [0.25, 0.3) is 11.1 Å². The van der Waals surface area contributed by atoms with Gasteiger partial charge in [0.1, 0.15) is 5.52 Å². The number of fused-ring (bicyclic) bond motifs is 1. The molecule has 2 aromatic rings. The van der Waals surface area contributed by atoms with Gasteiger partial charge in [-0.05, 0) is 31.5 Å². The first-order valence-corrected chi connectivity index (χ1v) is 5.01. The Bertz CT molecular complexity index is 468. The zero-order valence-electron chi connectivity index (χ0n) is 8.53. The van der Waals surface area contributed by atoms with Crippen molar-refractivity contribution in [2.45, 2.75) is 25.5 Å². The Kier molecular flexibility index (Phi) is 2.07. The van der Waals surface area contributed by atoms with E-state index < -0.39 is 0 Å². The van der Waals surface area contributed by atoms with E-state index in [-0.39, 0.29) is 4.75 Å². The molecule has 0 unspecified atom stereocenters. The Hall–Kier alpha value is -0.960. The summed E-state index contributed by atoms with van der Waals surface area (Å²) in [5.74, 6) is 0.703. The number of aromatic nitrogens is 1. The molecule has 14 heavy (non-hydrogen) atoms. The molecule has 0 atom stereocenters. The van der Waals surface area contributed by atoms with Gasteiger partial charge >= 0.3 is 0 Å². The number of nitrogens with zero attached hydrogens (tertiary/aromatic N) is 1. The van der Waals surface area contributed by atoms with Crippen molar-refractivity contribution in [2.24, 2.45) is 0 Å². The van der Waals surface area contributed by atoms with Crippen LogP contribution in [0.3, 0.4) is 0 Å². The van der Waals surface area contributed by atoms with E-state index in [4.69, 9.17) is 4.42 Å². The number of oxazole rings is 1. The van der Waals surface area contributed by atoms with Crippen LogP contribution >= 0.6 is 12.6 Å².